The molecule has 0 amide bonds. The van der Waals surface area contributed by atoms with Crippen molar-refractivity contribution in [3.63, 3.8) is 0 Å². The van der Waals surface area contributed by atoms with Gasteiger partial charge in [0.15, 0.2) is 0 Å². The van der Waals surface area contributed by atoms with Crippen LogP contribution in [-0.2, 0) is 0 Å². The van der Waals surface area contributed by atoms with Crippen LogP contribution in [0.15, 0.2) is 5.16 Å². The summed E-state index contributed by atoms with van der Waals surface area (Å²) in [5, 5.41) is 20.6. The van der Waals surface area contributed by atoms with Gasteiger partial charge in [-0.25, -0.2) is 0 Å². The fourth-order valence-corrected chi connectivity index (χ4v) is 1.47. The van der Waals surface area contributed by atoms with Crippen molar-refractivity contribution in [2.45, 2.75) is 38.1 Å². The van der Waals surface area contributed by atoms with Crippen molar-refractivity contribution in [2.24, 2.45) is 5.16 Å². The van der Waals surface area contributed by atoms with Gasteiger partial charge in [0.1, 0.15) is 0 Å². The molecule has 4 nitrogen and oxygen atoms in total. The van der Waals surface area contributed by atoms with Crippen molar-refractivity contribution in [3.05, 3.63) is 0 Å². The molecule has 64 valence electrons. The summed E-state index contributed by atoms with van der Waals surface area (Å²) in [6, 6.07) is 0. The summed E-state index contributed by atoms with van der Waals surface area (Å²) in [5.74, 6) is 0. The number of rotatable bonds is 1. The number of hydroxylamine groups is 1. The normalized spacial score (nSPS) is 36.0. The summed E-state index contributed by atoms with van der Waals surface area (Å²) in [5.41, 5.74) is 2.33. The largest absolute Gasteiger partial charge is 0.411 e. The zero-order chi connectivity index (χ0) is 8.32. The van der Waals surface area contributed by atoms with Crippen molar-refractivity contribution in [1.29, 1.82) is 0 Å². The van der Waals surface area contributed by atoms with Gasteiger partial charge >= 0.3 is 0 Å². The topological polar surface area (TPSA) is 64.8 Å². The molecule has 0 heterocycles. The summed E-state index contributed by atoms with van der Waals surface area (Å²) in [4.78, 5) is 0. The van der Waals surface area contributed by atoms with E-state index in [0.29, 0.717) is 5.71 Å². The molecule has 1 fully saturated rings. The number of hydrogen-bond donors (Lipinski definition) is 3. The zero-order valence-electron chi connectivity index (χ0n) is 6.67. The maximum Gasteiger partial charge on any atom is 0.0814 e. The minimum absolute atomic E-state index is 0.507. The lowest BCUT2D eigenvalue weighted by atomic mass is 9.82. The average molecular weight is 158 g/mol. The molecule has 0 saturated heterocycles. The standard InChI is InChI=1S/C7H14N2O2/c1-7(9-11)5-3-2-4-6(7)8-10/h9-11H,2-5H2,1H3/t7-/m0/s1. The van der Waals surface area contributed by atoms with Crippen molar-refractivity contribution in [1.82, 2.24) is 5.48 Å². The monoisotopic (exact) mass is 158 g/mol. The first kappa shape index (κ1) is 8.49. The van der Waals surface area contributed by atoms with Crippen LogP contribution in [0.3, 0.4) is 0 Å². The number of nitrogens with one attached hydrogen (secondary N) is 1. The van der Waals surface area contributed by atoms with Crippen LogP contribution in [-0.4, -0.2) is 21.7 Å². The Hall–Kier alpha value is -0.610. The Bertz CT molecular complexity index is 170. The van der Waals surface area contributed by atoms with Crippen LogP contribution in [0.1, 0.15) is 32.6 Å². The van der Waals surface area contributed by atoms with E-state index in [4.69, 9.17) is 10.4 Å². The van der Waals surface area contributed by atoms with Gasteiger partial charge in [0.2, 0.25) is 0 Å². The summed E-state index contributed by atoms with van der Waals surface area (Å²) in [6.45, 7) is 1.83. The number of nitrogens with zero attached hydrogens (tertiary/aromatic N) is 1. The summed E-state index contributed by atoms with van der Waals surface area (Å²) < 4.78 is 0. The highest BCUT2D eigenvalue weighted by molar-refractivity contribution is 5.93. The minimum Gasteiger partial charge on any atom is -0.411 e. The molecule has 0 aromatic heterocycles. The maximum atomic E-state index is 8.81. The van der Waals surface area contributed by atoms with E-state index in [1.165, 1.54) is 0 Å². The highest BCUT2D eigenvalue weighted by Crippen LogP contribution is 2.24. The Morgan fingerprint density at radius 1 is 1.55 bits per heavy atom. The molecule has 1 aliphatic rings. The minimum atomic E-state index is -0.507. The molecule has 0 aromatic rings. The quantitative estimate of drug-likeness (QED) is 0.396. The Labute approximate surface area is 65.9 Å². The van der Waals surface area contributed by atoms with E-state index in [9.17, 15) is 0 Å². The molecule has 11 heavy (non-hydrogen) atoms. The highest BCUT2D eigenvalue weighted by Gasteiger charge is 2.32. The van der Waals surface area contributed by atoms with Crippen LogP contribution in [0.5, 0.6) is 0 Å². The molecule has 0 aliphatic heterocycles. The van der Waals surface area contributed by atoms with Gasteiger partial charge in [-0.05, 0) is 26.2 Å². The summed E-state index contributed by atoms with van der Waals surface area (Å²) in [6.07, 6.45) is 3.68. The molecule has 1 rings (SSSR count). The van der Waals surface area contributed by atoms with Gasteiger partial charge in [0.05, 0.1) is 11.3 Å². The third kappa shape index (κ3) is 1.52. The van der Waals surface area contributed by atoms with Crippen LogP contribution in [0.2, 0.25) is 0 Å². The van der Waals surface area contributed by atoms with Gasteiger partial charge in [-0.3, -0.25) is 0 Å². The van der Waals surface area contributed by atoms with Crippen molar-refractivity contribution in [3.8, 4) is 0 Å². The lowest BCUT2D eigenvalue weighted by molar-refractivity contribution is 0.0933. The smallest absolute Gasteiger partial charge is 0.0814 e. The van der Waals surface area contributed by atoms with Gasteiger partial charge in [0, 0.05) is 0 Å². The lowest BCUT2D eigenvalue weighted by Crippen LogP contribution is -2.49. The lowest BCUT2D eigenvalue weighted by Gasteiger charge is -2.32. The Balaban J connectivity index is 2.74. The second-order valence-electron chi connectivity index (χ2n) is 3.20. The van der Waals surface area contributed by atoms with Crippen LogP contribution in [0, 0.1) is 0 Å². The van der Waals surface area contributed by atoms with Crippen LogP contribution in [0.25, 0.3) is 0 Å². The Morgan fingerprint density at radius 2 is 2.27 bits per heavy atom. The van der Waals surface area contributed by atoms with E-state index >= 15 is 0 Å². The van der Waals surface area contributed by atoms with Gasteiger partial charge in [0.25, 0.3) is 0 Å². The third-order valence-corrected chi connectivity index (χ3v) is 2.34. The average Bonchev–Trinajstić information content (AvgIpc) is 2.05. The number of oxime groups is 1. The molecule has 0 spiro atoms. The summed E-state index contributed by atoms with van der Waals surface area (Å²) in [7, 11) is 0. The second kappa shape index (κ2) is 3.19. The molecule has 1 aliphatic carbocycles. The predicted molar refractivity (Wildman–Crippen MR) is 41.0 cm³/mol. The van der Waals surface area contributed by atoms with Crippen molar-refractivity contribution >= 4 is 5.71 Å². The van der Waals surface area contributed by atoms with E-state index in [-0.39, 0.29) is 0 Å². The van der Waals surface area contributed by atoms with Gasteiger partial charge < -0.3 is 10.4 Å². The molecule has 4 heteroatoms. The molecule has 0 radical (unpaired) electrons. The van der Waals surface area contributed by atoms with Crippen molar-refractivity contribution < 1.29 is 10.4 Å². The first-order valence-corrected chi connectivity index (χ1v) is 3.85. The molecular formula is C7H14N2O2. The molecule has 1 saturated carbocycles. The van der Waals surface area contributed by atoms with E-state index in [2.05, 4.69) is 10.6 Å². The highest BCUT2D eigenvalue weighted by atomic mass is 16.5. The van der Waals surface area contributed by atoms with Crippen LogP contribution >= 0.6 is 0 Å². The SMILES string of the molecule is C[C@]1(NO)CCCCC1=NO. The molecule has 0 unspecified atom stereocenters. The Kier molecular flexibility index (Phi) is 2.46. The Morgan fingerprint density at radius 3 is 2.73 bits per heavy atom. The molecule has 3 N–H and O–H groups in total. The van der Waals surface area contributed by atoms with Gasteiger partial charge in [-0.1, -0.05) is 11.6 Å². The first-order chi connectivity index (χ1) is 5.23. The molecule has 0 aromatic carbocycles. The second-order valence-corrected chi connectivity index (χ2v) is 3.20. The fourth-order valence-electron chi connectivity index (χ4n) is 1.47. The predicted octanol–water partition coefficient (Wildman–Crippen LogP) is 1.13. The zero-order valence-corrected chi connectivity index (χ0v) is 6.67. The van der Waals surface area contributed by atoms with Crippen LogP contribution < -0.4 is 5.48 Å². The van der Waals surface area contributed by atoms with Crippen LogP contribution in [0.4, 0.5) is 0 Å². The molecular weight excluding hydrogens is 144 g/mol. The fraction of sp³-hybridized carbons (Fsp3) is 0.857. The van der Waals surface area contributed by atoms with Gasteiger partial charge in [-0.15, -0.1) is 0 Å². The molecule has 1 atom stereocenters. The van der Waals surface area contributed by atoms with E-state index in [1.807, 2.05) is 6.92 Å². The third-order valence-electron chi connectivity index (χ3n) is 2.34. The van der Waals surface area contributed by atoms with E-state index in [0.717, 1.165) is 25.7 Å². The molecule has 0 bridgehead atoms. The summed E-state index contributed by atoms with van der Waals surface area (Å²) >= 11 is 0. The maximum absolute atomic E-state index is 8.81. The number of hydrogen-bond acceptors (Lipinski definition) is 4. The van der Waals surface area contributed by atoms with E-state index in [1.54, 1.807) is 0 Å². The van der Waals surface area contributed by atoms with E-state index < -0.39 is 5.54 Å². The van der Waals surface area contributed by atoms with Gasteiger partial charge in [-0.2, -0.15) is 5.48 Å². The van der Waals surface area contributed by atoms with Crippen molar-refractivity contribution in [2.75, 3.05) is 0 Å². The first-order valence-electron chi connectivity index (χ1n) is 3.85.